The lowest BCUT2D eigenvalue weighted by Crippen LogP contribution is -2.28. The van der Waals surface area contributed by atoms with E-state index in [1.165, 1.54) is 0 Å². The number of fused-ring (bicyclic) bond motifs is 1. The summed E-state index contributed by atoms with van der Waals surface area (Å²) in [5.41, 5.74) is 8.31. The molecule has 0 aliphatic carbocycles. The van der Waals surface area contributed by atoms with E-state index in [0.29, 0.717) is 5.69 Å². The highest BCUT2D eigenvalue weighted by Crippen LogP contribution is 2.30. The van der Waals surface area contributed by atoms with E-state index in [1.54, 1.807) is 6.07 Å². The highest BCUT2D eigenvalue weighted by Gasteiger charge is 2.22. The Morgan fingerprint density at radius 3 is 3.08 bits per heavy atom. The number of nitrogen functional groups attached to an aromatic ring is 1. The molecule has 1 aromatic rings. The third-order valence-corrected chi connectivity index (χ3v) is 2.40. The van der Waals surface area contributed by atoms with Crippen molar-refractivity contribution in [3.8, 4) is 0 Å². The summed E-state index contributed by atoms with van der Waals surface area (Å²) in [5.74, 6) is 0.111. The summed E-state index contributed by atoms with van der Waals surface area (Å²) in [6.07, 6.45) is 0.784. The SMILES string of the molecule is CC1Cc2cccc(N)c2NC1=O. The van der Waals surface area contributed by atoms with Crippen LogP contribution >= 0.6 is 0 Å². The van der Waals surface area contributed by atoms with Crippen molar-refractivity contribution in [3.63, 3.8) is 0 Å². The molecule has 3 heteroatoms. The number of rotatable bonds is 0. The zero-order valence-electron chi connectivity index (χ0n) is 7.50. The highest BCUT2D eigenvalue weighted by atomic mass is 16.1. The van der Waals surface area contributed by atoms with Crippen LogP contribution in [0.3, 0.4) is 0 Å². The first kappa shape index (κ1) is 8.10. The Labute approximate surface area is 76.9 Å². The maximum Gasteiger partial charge on any atom is 0.227 e. The molecule has 0 saturated carbocycles. The van der Waals surface area contributed by atoms with E-state index in [0.717, 1.165) is 17.7 Å². The lowest BCUT2D eigenvalue weighted by Gasteiger charge is -2.22. The van der Waals surface area contributed by atoms with Crippen LogP contribution in [0.25, 0.3) is 0 Å². The van der Waals surface area contributed by atoms with Crippen molar-refractivity contribution >= 4 is 17.3 Å². The standard InChI is InChI=1S/C10H12N2O/c1-6-5-7-3-2-4-8(11)9(7)12-10(6)13/h2-4,6H,5,11H2,1H3,(H,12,13). The largest absolute Gasteiger partial charge is 0.397 e. The van der Waals surface area contributed by atoms with Gasteiger partial charge in [-0.05, 0) is 18.1 Å². The molecule has 0 fully saturated rings. The Morgan fingerprint density at radius 1 is 1.54 bits per heavy atom. The molecule has 1 heterocycles. The van der Waals surface area contributed by atoms with Gasteiger partial charge < -0.3 is 11.1 Å². The smallest absolute Gasteiger partial charge is 0.227 e. The Morgan fingerprint density at radius 2 is 2.31 bits per heavy atom. The van der Waals surface area contributed by atoms with Crippen LogP contribution in [-0.4, -0.2) is 5.91 Å². The average Bonchev–Trinajstić information content (AvgIpc) is 2.09. The van der Waals surface area contributed by atoms with Gasteiger partial charge in [0.2, 0.25) is 5.91 Å². The van der Waals surface area contributed by atoms with Gasteiger partial charge in [-0.3, -0.25) is 4.79 Å². The van der Waals surface area contributed by atoms with Crippen LogP contribution in [0.15, 0.2) is 18.2 Å². The molecule has 3 N–H and O–H groups in total. The van der Waals surface area contributed by atoms with Gasteiger partial charge in [0, 0.05) is 5.92 Å². The summed E-state index contributed by atoms with van der Waals surface area (Å²) in [4.78, 5) is 11.3. The van der Waals surface area contributed by atoms with Crippen molar-refractivity contribution in [1.82, 2.24) is 0 Å². The third kappa shape index (κ3) is 1.26. The monoisotopic (exact) mass is 176 g/mol. The summed E-state index contributed by atoms with van der Waals surface area (Å²) >= 11 is 0. The van der Waals surface area contributed by atoms with E-state index in [9.17, 15) is 4.79 Å². The fraction of sp³-hybridized carbons (Fsp3) is 0.300. The van der Waals surface area contributed by atoms with Gasteiger partial charge in [-0.2, -0.15) is 0 Å². The van der Waals surface area contributed by atoms with Gasteiger partial charge in [0.05, 0.1) is 11.4 Å². The van der Waals surface area contributed by atoms with Crippen LogP contribution in [0, 0.1) is 5.92 Å². The minimum atomic E-state index is 0.0503. The van der Waals surface area contributed by atoms with Crippen molar-refractivity contribution in [1.29, 1.82) is 0 Å². The molecule has 13 heavy (non-hydrogen) atoms. The maximum atomic E-state index is 11.3. The highest BCUT2D eigenvalue weighted by molar-refractivity contribution is 5.98. The van der Waals surface area contributed by atoms with Crippen LogP contribution in [0.4, 0.5) is 11.4 Å². The average molecular weight is 176 g/mol. The van der Waals surface area contributed by atoms with Crippen LogP contribution in [0.1, 0.15) is 12.5 Å². The van der Waals surface area contributed by atoms with Gasteiger partial charge in [0.25, 0.3) is 0 Å². The minimum Gasteiger partial charge on any atom is -0.397 e. The number of hydrogen-bond donors (Lipinski definition) is 2. The molecular formula is C10H12N2O. The maximum absolute atomic E-state index is 11.3. The second-order valence-corrected chi connectivity index (χ2v) is 3.48. The van der Waals surface area contributed by atoms with Crippen molar-refractivity contribution in [2.75, 3.05) is 11.1 Å². The Balaban J connectivity index is 2.48. The number of carbonyl (C=O) groups excluding carboxylic acids is 1. The summed E-state index contributed by atoms with van der Waals surface area (Å²) in [6, 6.07) is 5.72. The van der Waals surface area contributed by atoms with E-state index in [1.807, 2.05) is 19.1 Å². The molecule has 1 unspecified atom stereocenters. The quantitative estimate of drug-likeness (QED) is 0.587. The second-order valence-electron chi connectivity index (χ2n) is 3.48. The number of hydrogen-bond acceptors (Lipinski definition) is 2. The molecule has 3 nitrogen and oxygen atoms in total. The molecule has 0 aromatic heterocycles. The van der Waals surface area contributed by atoms with Crippen molar-refractivity contribution in [3.05, 3.63) is 23.8 Å². The molecule has 0 spiro atoms. The first-order chi connectivity index (χ1) is 6.18. The first-order valence-corrected chi connectivity index (χ1v) is 4.36. The number of anilines is 2. The molecule has 0 saturated heterocycles. The number of nitrogens with two attached hydrogens (primary N) is 1. The zero-order chi connectivity index (χ0) is 9.42. The van der Waals surface area contributed by atoms with Crippen molar-refractivity contribution < 1.29 is 4.79 Å². The number of carbonyl (C=O) groups is 1. The number of amides is 1. The van der Waals surface area contributed by atoms with E-state index in [-0.39, 0.29) is 11.8 Å². The molecular weight excluding hydrogens is 164 g/mol. The first-order valence-electron chi connectivity index (χ1n) is 4.36. The van der Waals surface area contributed by atoms with Gasteiger partial charge in [0.1, 0.15) is 0 Å². The van der Waals surface area contributed by atoms with Gasteiger partial charge in [-0.15, -0.1) is 0 Å². The molecule has 0 bridgehead atoms. The second kappa shape index (κ2) is 2.76. The fourth-order valence-electron chi connectivity index (χ4n) is 1.61. The summed E-state index contributed by atoms with van der Waals surface area (Å²) in [5, 5.41) is 2.81. The molecule has 1 amide bonds. The Bertz CT molecular complexity index is 360. The Kier molecular flexibility index (Phi) is 1.72. The molecule has 68 valence electrons. The predicted molar refractivity (Wildman–Crippen MR) is 52.4 cm³/mol. The van der Waals surface area contributed by atoms with E-state index < -0.39 is 0 Å². The summed E-state index contributed by atoms with van der Waals surface area (Å²) < 4.78 is 0. The summed E-state index contributed by atoms with van der Waals surface area (Å²) in [6.45, 7) is 1.92. The molecule has 1 aromatic carbocycles. The normalized spacial score (nSPS) is 20.7. The van der Waals surface area contributed by atoms with E-state index in [2.05, 4.69) is 5.32 Å². The molecule has 0 radical (unpaired) electrons. The fourth-order valence-corrected chi connectivity index (χ4v) is 1.61. The van der Waals surface area contributed by atoms with Gasteiger partial charge >= 0.3 is 0 Å². The summed E-state index contributed by atoms with van der Waals surface area (Å²) in [7, 11) is 0. The van der Waals surface area contributed by atoms with E-state index >= 15 is 0 Å². The van der Waals surface area contributed by atoms with E-state index in [4.69, 9.17) is 5.73 Å². The van der Waals surface area contributed by atoms with Crippen LogP contribution in [0.2, 0.25) is 0 Å². The van der Waals surface area contributed by atoms with Crippen molar-refractivity contribution in [2.45, 2.75) is 13.3 Å². The minimum absolute atomic E-state index is 0.0503. The topological polar surface area (TPSA) is 55.1 Å². The molecule has 1 atom stereocenters. The lowest BCUT2D eigenvalue weighted by atomic mass is 9.94. The van der Waals surface area contributed by atoms with Crippen LogP contribution in [-0.2, 0) is 11.2 Å². The molecule has 2 rings (SSSR count). The Hall–Kier alpha value is -1.51. The number of benzene rings is 1. The van der Waals surface area contributed by atoms with Crippen LogP contribution < -0.4 is 11.1 Å². The molecule has 1 aliphatic rings. The zero-order valence-corrected chi connectivity index (χ0v) is 7.50. The predicted octanol–water partition coefficient (Wildman–Crippen LogP) is 1.40. The van der Waals surface area contributed by atoms with Gasteiger partial charge in [-0.25, -0.2) is 0 Å². The lowest BCUT2D eigenvalue weighted by molar-refractivity contribution is -0.119. The molecule has 1 aliphatic heterocycles. The third-order valence-electron chi connectivity index (χ3n) is 2.40. The van der Waals surface area contributed by atoms with Gasteiger partial charge in [0.15, 0.2) is 0 Å². The van der Waals surface area contributed by atoms with Crippen molar-refractivity contribution in [2.24, 2.45) is 5.92 Å². The van der Waals surface area contributed by atoms with Gasteiger partial charge in [-0.1, -0.05) is 19.1 Å². The number of para-hydroxylation sites is 1. The number of nitrogens with one attached hydrogen (secondary N) is 1. The van der Waals surface area contributed by atoms with Crippen LogP contribution in [0.5, 0.6) is 0 Å².